The molecular formula is C19H36N2. The van der Waals surface area contributed by atoms with E-state index < -0.39 is 0 Å². The minimum absolute atomic E-state index is 0.733. The van der Waals surface area contributed by atoms with Crippen molar-refractivity contribution in [3.05, 3.63) is 35.9 Å². The summed E-state index contributed by atoms with van der Waals surface area (Å²) in [5.74, 6) is 0. The summed E-state index contributed by atoms with van der Waals surface area (Å²) in [7, 11) is 2.07. The maximum atomic E-state index is 3.36. The molecule has 21 heavy (non-hydrogen) atoms. The molecule has 1 fully saturated rings. The van der Waals surface area contributed by atoms with E-state index >= 15 is 0 Å². The molecule has 1 N–H and O–H groups in total. The van der Waals surface area contributed by atoms with Gasteiger partial charge in [0.05, 0.1) is 0 Å². The van der Waals surface area contributed by atoms with E-state index in [2.05, 4.69) is 61.4 Å². The summed E-state index contributed by atoms with van der Waals surface area (Å²) in [6, 6.07) is 11.5. The third-order valence-electron chi connectivity index (χ3n) is 3.74. The monoisotopic (exact) mass is 292 g/mol. The zero-order valence-electron chi connectivity index (χ0n) is 14.9. The van der Waals surface area contributed by atoms with Crippen molar-refractivity contribution in [1.29, 1.82) is 0 Å². The molecule has 0 amide bonds. The molecule has 2 rings (SSSR count). The van der Waals surface area contributed by atoms with Crippen molar-refractivity contribution in [2.75, 3.05) is 20.1 Å². The van der Waals surface area contributed by atoms with E-state index in [1.165, 1.54) is 44.3 Å². The molecule has 1 aliphatic heterocycles. The second-order valence-corrected chi connectivity index (χ2v) is 5.32. The number of likely N-dealkylation sites (tertiary alicyclic amines) is 1. The molecule has 2 nitrogen and oxygen atoms in total. The lowest BCUT2D eigenvalue weighted by molar-refractivity contribution is 0.194. The first kappa shape index (κ1) is 20.1. The van der Waals surface area contributed by atoms with E-state index in [9.17, 15) is 0 Å². The van der Waals surface area contributed by atoms with Gasteiger partial charge >= 0.3 is 0 Å². The van der Waals surface area contributed by atoms with Crippen LogP contribution in [0.3, 0.4) is 0 Å². The summed E-state index contributed by atoms with van der Waals surface area (Å²) < 4.78 is 0. The lowest BCUT2D eigenvalue weighted by Gasteiger charge is -2.31. The molecule has 1 aromatic rings. The van der Waals surface area contributed by atoms with Crippen LogP contribution in [0.5, 0.6) is 0 Å². The average molecular weight is 293 g/mol. The minimum Gasteiger partial charge on any atom is -0.317 e. The van der Waals surface area contributed by atoms with Gasteiger partial charge in [0, 0.05) is 12.6 Å². The van der Waals surface area contributed by atoms with Crippen molar-refractivity contribution < 1.29 is 0 Å². The maximum Gasteiger partial charge on any atom is 0.0233 e. The van der Waals surface area contributed by atoms with Crippen LogP contribution in [-0.2, 0) is 6.54 Å². The van der Waals surface area contributed by atoms with E-state index in [0.717, 1.165) is 12.6 Å². The van der Waals surface area contributed by atoms with Crippen LogP contribution in [0.1, 0.15) is 58.9 Å². The van der Waals surface area contributed by atoms with Gasteiger partial charge in [-0.2, -0.15) is 0 Å². The molecule has 1 heterocycles. The van der Waals surface area contributed by atoms with Gasteiger partial charge in [0.2, 0.25) is 0 Å². The van der Waals surface area contributed by atoms with E-state index in [-0.39, 0.29) is 0 Å². The summed E-state index contributed by atoms with van der Waals surface area (Å²) >= 11 is 0. The Bertz CT molecular complexity index is 301. The van der Waals surface area contributed by atoms with Crippen LogP contribution < -0.4 is 5.32 Å². The summed E-state index contributed by atoms with van der Waals surface area (Å²) in [5.41, 5.74) is 1.43. The fourth-order valence-electron chi connectivity index (χ4n) is 2.22. The number of piperidine rings is 1. The number of nitrogens with zero attached hydrogens (tertiary/aromatic N) is 1. The Morgan fingerprint density at radius 2 is 1.52 bits per heavy atom. The highest BCUT2D eigenvalue weighted by atomic mass is 15.1. The van der Waals surface area contributed by atoms with Crippen molar-refractivity contribution in [3.8, 4) is 0 Å². The fourth-order valence-corrected chi connectivity index (χ4v) is 2.22. The topological polar surface area (TPSA) is 15.3 Å². The molecule has 0 saturated carbocycles. The number of hydrogen-bond donors (Lipinski definition) is 1. The third kappa shape index (κ3) is 9.65. The highest BCUT2D eigenvalue weighted by Crippen LogP contribution is 2.13. The number of nitrogens with one attached hydrogen (secondary N) is 1. The summed E-state index contributed by atoms with van der Waals surface area (Å²) in [5, 5.41) is 3.36. The van der Waals surface area contributed by atoms with Gasteiger partial charge in [-0.3, -0.25) is 4.90 Å². The normalized spacial score (nSPS) is 15.5. The van der Waals surface area contributed by atoms with Crippen LogP contribution in [0.2, 0.25) is 0 Å². The molecule has 0 radical (unpaired) electrons. The van der Waals surface area contributed by atoms with Gasteiger partial charge < -0.3 is 5.32 Å². The third-order valence-corrected chi connectivity index (χ3v) is 3.74. The molecule has 0 bridgehead atoms. The highest BCUT2D eigenvalue weighted by Gasteiger charge is 2.17. The second kappa shape index (κ2) is 14.1. The van der Waals surface area contributed by atoms with Gasteiger partial charge in [0.15, 0.2) is 0 Å². The van der Waals surface area contributed by atoms with Crippen molar-refractivity contribution >= 4 is 0 Å². The lowest BCUT2D eigenvalue weighted by Crippen LogP contribution is -2.40. The molecule has 0 atom stereocenters. The Kier molecular flexibility index (Phi) is 13.5. The first-order chi connectivity index (χ1) is 10.3. The Morgan fingerprint density at radius 1 is 1.00 bits per heavy atom. The molecule has 1 saturated heterocycles. The largest absolute Gasteiger partial charge is 0.317 e. The zero-order chi connectivity index (χ0) is 15.9. The smallest absolute Gasteiger partial charge is 0.0233 e. The SMILES string of the molecule is CC.CCCC.CNC1CCN(Cc2ccccc2)CC1. The van der Waals surface area contributed by atoms with Crippen LogP contribution in [0.15, 0.2) is 30.3 Å². The molecule has 2 heteroatoms. The zero-order valence-corrected chi connectivity index (χ0v) is 14.9. The molecule has 1 aromatic carbocycles. The van der Waals surface area contributed by atoms with Crippen LogP contribution in [0, 0.1) is 0 Å². The van der Waals surface area contributed by atoms with Gasteiger partial charge in [-0.25, -0.2) is 0 Å². The van der Waals surface area contributed by atoms with Gasteiger partial charge in [0.1, 0.15) is 0 Å². The van der Waals surface area contributed by atoms with Crippen LogP contribution in [-0.4, -0.2) is 31.1 Å². The summed E-state index contributed by atoms with van der Waals surface area (Å²) in [6.45, 7) is 11.9. The van der Waals surface area contributed by atoms with E-state index in [1.807, 2.05) is 13.8 Å². The van der Waals surface area contributed by atoms with Gasteiger partial charge in [0.25, 0.3) is 0 Å². The molecule has 1 aliphatic rings. The molecule has 0 aromatic heterocycles. The van der Waals surface area contributed by atoms with Crippen LogP contribution in [0.25, 0.3) is 0 Å². The van der Waals surface area contributed by atoms with Crippen molar-refractivity contribution in [2.45, 2.75) is 66.0 Å². The Balaban J connectivity index is 0.000000579. The second-order valence-electron chi connectivity index (χ2n) is 5.32. The lowest BCUT2D eigenvalue weighted by atomic mass is 10.0. The summed E-state index contributed by atoms with van der Waals surface area (Å²) in [4.78, 5) is 2.54. The number of hydrogen-bond acceptors (Lipinski definition) is 2. The molecular weight excluding hydrogens is 256 g/mol. The molecule has 122 valence electrons. The van der Waals surface area contributed by atoms with Gasteiger partial charge in [-0.1, -0.05) is 70.9 Å². The first-order valence-electron chi connectivity index (χ1n) is 8.73. The summed E-state index contributed by atoms with van der Waals surface area (Å²) in [6.07, 6.45) is 5.20. The average Bonchev–Trinajstić information content (AvgIpc) is 2.58. The van der Waals surface area contributed by atoms with Crippen LogP contribution >= 0.6 is 0 Å². The van der Waals surface area contributed by atoms with E-state index in [4.69, 9.17) is 0 Å². The number of unbranched alkanes of at least 4 members (excludes halogenated alkanes) is 1. The Morgan fingerprint density at radius 3 is 1.95 bits per heavy atom. The standard InChI is InChI=1S/C13H20N2.C4H10.C2H6/c1-14-13-7-9-15(10-8-13)11-12-5-3-2-4-6-12;1-3-4-2;1-2/h2-6,13-14H,7-11H2,1H3;3-4H2,1-2H3;1-2H3. The Hall–Kier alpha value is -0.860. The van der Waals surface area contributed by atoms with E-state index in [0.29, 0.717) is 0 Å². The molecule has 0 spiro atoms. The first-order valence-corrected chi connectivity index (χ1v) is 8.73. The van der Waals surface area contributed by atoms with Crippen molar-refractivity contribution in [2.24, 2.45) is 0 Å². The number of benzene rings is 1. The fraction of sp³-hybridized carbons (Fsp3) is 0.684. The highest BCUT2D eigenvalue weighted by molar-refractivity contribution is 5.14. The van der Waals surface area contributed by atoms with E-state index in [1.54, 1.807) is 0 Å². The predicted molar refractivity (Wildman–Crippen MR) is 95.7 cm³/mol. The minimum atomic E-state index is 0.733. The van der Waals surface area contributed by atoms with Crippen molar-refractivity contribution in [1.82, 2.24) is 10.2 Å². The predicted octanol–water partition coefficient (Wildman–Crippen LogP) is 4.70. The Labute approximate surface area is 132 Å². The van der Waals surface area contributed by atoms with Gasteiger partial charge in [-0.15, -0.1) is 0 Å². The van der Waals surface area contributed by atoms with Crippen molar-refractivity contribution in [3.63, 3.8) is 0 Å². The maximum absolute atomic E-state index is 3.36. The number of rotatable bonds is 4. The molecule has 0 unspecified atom stereocenters. The molecule has 0 aliphatic carbocycles. The van der Waals surface area contributed by atoms with Crippen LogP contribution in [0.4, 0.5) is 0 Å². The van der Waals surface area contributed by atoms with Gasteiger partial charge in [-0.05, 0) is 38.5 Å². The quantitative estimate of drug-likeness (QED) is 0.865.